The molecule has 0 saturated carbocycles. The second-order valence-corrected chi connectivity index (χ2v) is 5.24. The van der Waals surface area contributed by atoms with Crippen LogP contribution in [0.15, 0.2) is 42.5 Å². The van der Waals surface area contributed by atoms with Gasteiger partial charge in [0.1, 0.15) is 6.79 Å². The highest BCUT2D eigenvalue weighted by atomic mass is 16.7. The molecule has 0 aliphatic carbocycles. The molecule has 0 radical (unpaired) electrons. The average molecular weight is 290 g/mol. The highest BCUT2D eigenvalue weighted by molar-refractivity contribution is 5.66. The van der Waals surface area contributed by atoms with Crippen molar-refractivity contribution in [2.75, 3.05) is 13.4 Å². The van der Waals surface area contributed by atoms with Gasteiger partial charge in [0.15, 0.2) is 0 Å². The summed E-state index contributed by atoms with van der Waals surface area (Å²) in [5, 5.41) is 8.58. The number of unbranched alkanes of at least 4 members (excludes halogenated alkanes) is 1. The fraction of sp³-hybridized carbons (Fsp3) is 0.471. The van der Waals surface area contributed by atoms with Crippen LogP contribution >= 0.6 is 0 Å². The van der Waals surface area contributed by atoms with E-state index in [0.717, 1.165) is 12.8 Å². The van der Waals surface area contributed by atoms with Gasteiger partial charge in [0.2, 0.25) is 0 Å². The number of carbonyl (C=O) groups is 1. The first-order valence-electron chi connectivity index (χ1n) is 7.38. The van der Waals surface area contributed by atoms with Crippen molar-refractivity contribution in [3.05, 3.63) is 48.0 Å². The number of allylic oxidation sites excluding steroid dienone is 2. The van der Waals surface area contributed by atoms with Crippen LogP contribution in [0.4, 0.5) is 0 Å². The van der Waals surface area contributed by atoms with E-state index in [2.05, 4.69) is 24.3 Å². The molecule has 0 spiro atoms. The third-order valence-corrected chi connectivity index (χ3v) is 3.59. The zero-order chi connectivity index (χ0) is 14.9. The van der Waals surface area contributed by atoms with Gasteiger partial charge in [-0.15, -0.1) is 0 Å². The molecule has 0 amide bonds. The van der Waals surface area contributed by atoms with Crippen LogP contribution in [0.2, 0.25) is 0 Å². The van der Waals surface area contributed by atoms with E-state index in [4.69, 9.17) is 14.6 Å². The van der Waals surface area contributed by atoms with E-state index < -0.39 is 5.97 Å². The largest absolute Gasteiger partial charge is 0.481 e. The molecule has 2 rings (SSSR count). The van der Waals surface area contributed by atoms with Crippen LogP contribution in [0.25, 0.3) is 0 Å². The lowest BCUT2D eigenvalue weighted by Gasteiger charge is -2.31. The standard InChI is InChI=1S/C17H22O4/c18-16(19)11-7-2-1-4-10-15-12-20-13-21-17(15)14-8-5-3-6-9-14/h1,3-6,8-9,15,17H,2,7,10-13H2,(H,18,19)/t15-,17-/m1/s1. The number of hydrogen-bond donors (Lipinski definition) is 1. The summed E-state index contributed by atoms with van der Waals surface area (Å²) in [6.07, 6.45) is 6.84. The third-order valence-electron chi connectivity index (χ3n) is 3.59. The van der Waals surface area contributed by atoms with Crippen LogP contribution in [0.5, 0.6) is 0 Å². The zero-order valence-corrected chi connectivity index (χ0v) is 12.1. The Morgan fingerprint density at radius 1 is 1.29 bits per heavy atom. The summed E-state index contributed by atoms with van der Waals surface area (Å²) >= 11 is 0. The van der Waals surface area contributed by atoms with Crippen LogP contribution in [0, 0.1) is 5.92 Å². The molecule has 1 aromatic carbocycles. The topological polar surface area (TPSA) is 55.8 Å². The molecule has 0 bridgehead atoms. The lowest BCUT2D eigenvalue weighted by Crippen LogP contribution is -2.27. The Labute approximate surface area is 125 Å². The van der Waals surface area contributed by atoms with Gasteiger partial charge < -0.3 is 14.6 Å². The summed E-state index contributed by atoms with van der Waals surface area (Å²) in [4.78, 5) is 10.4. The van der Waals surface area contributed by atoms with Crippen LogP contribution in [0.1, 0.15) is 37.4 Å². The number of benzene rings is 1. The molecule has 1 aliphatic heterocycles. The van der Waals surface area contributed by atoms with Gasteiger partial charge in [-0.25, -0.2) is 0 Å². The Balaban J connectivity index is 1.82. The smallest absolute Gasteiger partial charge is 0.303 e. The monoisotopic (exact) mass is 290 g/mol. The Morgan fingerprint density at radius 2 is 2.10 bits per heavy atom. The summed E-state index contributed by atoms with van der Waals surface area (Å²) in [6.45, 7) is 1.04. The van der Waals surface area contributed by atoms with Crippen molar-refractivity contribution in [1.82, 2.24) is 0 Å². The van der Waals surface area contributed by atoms with Gasteiger partial charge in [-0.05, 0) is 24.8 Å². The van der Waals surface area contributed by atoms with Crippen molar-refractivity contribution in [1.29, 1.82) is 0 Å². The van der Waals surface area contributed by atoms with E-state index in [1.807, 2.05) is 18.2 Å². The number of ether oxygens (including phenoxy) is 2. The van der Waals surface area contributed by atoms with Gasteiger partial charge in [-0.3, -0.25) is 4.79 Å². The molecular weight excluding hydrogens is 268 g/mol. The molecule has 4 nitrogen and oxygen atoms in total. The van der Waals surface area contributed by atoms with Crippen molar-refractivity contribution < 1.29 is 19.4 Å². The molecule has 1 N–H and O–H groups in total. The molecule has 2 atom stereocenters. The van der Waals surface area contributed by atoms with Crippen molar-refractivity contribution in [2.45, 2.75) is 31.8 Å². The summed E-state index contributed by atoms with van der Waals surface area (Å²) in [7, 11) is 0. The van der Waals surface area contributed by atoms with Gasteiger partial charge >= 0.3 is 5.97 Å². The Bertz CT molecular complexity index is 455. The number of rotatable bonds is 7. The lowest BCUT2D eigenvalue weighted by atomic mass is 9.92. The number of hydrogen-bond acceptors (Lipinski definition) is 3. The highest BCUT2D eigenvalue weighted by Gasteiger charge is 2.26. The summed E-state index contributed by atoms with van der Waals surface area (Å²) in [5.41, 5.74) is 1.19. The minimum absolute atomic E-state index is 0.0728. The predicted octanol–water partition coefficient (Wildman–Crippen LogP) is 3.55. The second-order valence-electron chi connectivity index (χ2n) is 5.24. The molecule has 4 heteroatoms. The van der Waals surface area contributed by atoms with Crippen LogP contribution in [-0.2, 0) is 14.3 Å². The molecule has 1 heterocycles. The highest BCUT2D eigenvalue weighted by Crippen LogP contribution is 2.32. The fourth-order valence-corrected chi connectivity index (χ4v) is 2.51. The minimum Gasteiger partial charge on any atom is -0.481 e. The minimum atomic E-state index is -0.735. The Morgan fingerprint density at radius 3 is 2.86 bits per heavy atom. The van der Waals surface area contributed by atoms with E-state index >= 15 is 0 Å². The van der Waals surface area contributed by atoms with Crippen molar-refractivity contribution in [2.24, 2.45) is 5.92 Å². The fourth-order valence-electron chi connectivity index (χ4n) is 2.51. The van der Waals surface area contributed by atoms with Gasteiger partial charge in [0.25, 0.3) is 0 Å². The van der Waals surface area contributed by atoms with E-state index in [-0.39, 0.29) is 12.5 Å². The number of aliphatic carboxylic acids is 1. The molecule has 1 aliphatic rings. The normalized spacial score (nSPS) is 22.5. The molecule has 1 aromatic rings. The average Bonchev–Trinajstić information content (AvgIpc) is 2.52. The molecular formula is C17H22O4. The van der Waals surface area contributed by atoms with Crippen LogP contribution in [0.3, 0.4) is 0 Å². The molecule has 0 unspecified atom stereocenters. The zero-order valence-electron chi connectivity index (χ0n) is 12.1. The predicted molar refractivity (Wildman–Crippen MR) is 79.8 cm³/mol. The number of carboxylic acids is 1. The van der Waals surface area contributed by atoms with E-state index in [9.17, 15) is 4.79 Å². The maximum Gasteiger partial charge on any atom is 0.303 e. The quantitative estimate of drug-likeness (QED) is 0.616. The lowest BCUT2D eigenvalue weighted by molar-refractivity contribution is -0.171. The SMILES string of the molecule is O=C(O)CCCC=CC[C@@H]1COCO[C@@H]1c1ccccc1. The third kappa shape index (κ3) is 5.33. The maximum atomic E-state index is 10.4. The van der Waals surface area contributed by atoms with E-state index in [0.29, 0.717) is 25.7 Å². The van der Waals surface area contributed by atoms with Gasteiger partial charge in [0, 0.05) is 12.3 Å². The summed E-state index contributed by atoms with van der Waals surface area (Å²) < 4.78 is 11.2. The first kappa shape index (κ1) is 15.7. The Hall–Kier alpha value is -1.65. The summed E-state index contributed by atoms with van der Waals surface area (Å²) in [6, 6.07) is 10.2. The molecule has 114 valence electrons. The van der Waals surface area contributed by atoms with E-state index in [1.165, 1.54) is 5.56 Å². The molecule has 1 saturated heterocycles. The van der Waals surface area contributed by atoms with Crippen molar-refractivity contribution in [3.63, 3.8) is 0 Å². The van der Waals surface area contributed by atoms with Crippen molar-refractivity contribution >= 4 is 5.97 Å². The van der Waals surface area contributed by atoms with Gasteiger partial charge in [-0.1, -0.05) is 42.5 Å². The van der Waals surface area contributed by atoms with Crippen molar-refractivity contribution in [3.8, 4) is 0 Å². The van der Waals surface area contributed by atoms with Gasteiger partial charge in [0.05, 0.1) is 12.7 Å². The van der Waals surface area contributed by atoms with Crippen LogP contribution in [-0.4, -0.2) is 24.5 Å². The van der Waals surface area contributed by atoms with Gasteiger partial charge in [-0.2, -0.15) is 0 Å². The van der Waals surface area contributed by atoms with Crippen LogP contribution < -0.4 is 0 Å². The number of carboxylic acid groups (broad SMARTS) is 1. The van der Waals surface area contributed by atoms with E-state index in [1.54, 1.807) is 0 Å². The first-order valence-corrected chi connectivity index (χ1v) is 7.38. The first-order chi connectivity index (χ1) is 10.3. The maximum absolute atomic E-state index is 10.4. The summed E-state index contributed by atoms with van der Waals surface area (Å²) in [5.74, 6) is -0.432. The molecule has 0 aromatic heterocycles. The Kier molecular flexibility index (Phi) is 6.44. The second kappa shape index (κ2) is 8.60. The molecule has 1 fully saturated rings. The molecule has 21 heavy (non-hydrogen) atoms.